The van der Waals surface area contributed by atoms with Crippen LogP contribution in [0.4, 0.5) is 10.7 Å². The lowest BCUT2D eigenvalue weighted by Crippen LogP contribution is -2.26. The number of hydrogen-bond acceptors (Lipinski definition) is 5. The Morgan fingerprint density at radius 3 is 2.78 bits per heavy atom. The van der Waals surface area contributed by atoms with Crippen LogP contribution in [0.15, 0.2) is 4.90 Å². The minimum atomic E-state index is -0.0723. The van der Waals surface area contributed by atoms with Crippen molar-refractivity contribution in [2.45, 2.75) is 37.1 Å². The van der Waals surface area contributed by atoms with Crippen LogP contribution in [-0.2, 0) is 0 Å². The Labute approximate surface area is 116 Å². The van der Waals surface area contributed by atoms with Crippen LogP contribution in [0, 0.1) is 0 Å². The Kier molecular flexibility index (Phi) is 4.40. The van der Waals surface area contributed by atoms with E-state index in [1.807, 2.05) is 13.2 Å². The van der Waals surface area contributed by atoms with Gasteiger partial charge < -0.3 is 16.4 Å². The number of hydrogen-bond donors (Lipinski definition) is 3. The number of carbonyl (C=O) groups excluding carboxylic acids is 1. The monoisotopic (exact) mass is 285 g/mol. The molecule has 0 saturated heterocycles. The van der Waals surface area contributed by atoms with E-state index in [0.29, 0.717) is 23.2 Å². The van der Waals surface area contributed by atoms with E-state index in [1.54, 1.807) is 11.8 Å². The molecule has 1 heterocycles. The molecule has 1 aromatic rings. The van der Waals surface area contributed by atoms with Gasteiger partial charge in [0.2, 0.25) is 0 Å². The average molecular weight is 285 g/mol. The third kappa shape index (κ3) is 2.59. The Morgan fingerprint density at radius 2 is 2.28 bits per heavy atom. The number of nitrogen functional groups attached to an aromatic ring is 1. The van der Waals surface area contributed by atoms with Crippen molar-refractivity contribution < 1.29 is 4.79 Å². The van der Waals surface area contributed by atoms with Gasteiger partial charge in [0.1, 0.15) is 9.88 Å². The summed E-state index contributed by atoms with van der Waals surface area (Å²) < 4.78 is 0. The average Bonchev–Trinajstić information content (AvgIpc) is 2.60. The van der Waals surface area contributed by atoms with Crippen LogP contribution < -0.4 is 16.4 Å². The van der Waals surface area contributed by atoms with Crippen molar-refractivity contribution in [2.24, 2.45) is 0 Å². The molecule has 4 N–H and O–H groups in total. The van der Waals surface area contributed by atoms with E-state index in [9.17, 15) is 4.79 Å². The smallest absolute Gasteiger partial charge is 0.263 e. The molecule has 4 nitrogen and oxygen atoms in total. The molecular formula is C12H19N3OS2. The van der Waals surface area contributed by atoms with Crippen LogP contribution in [0.1, 0.15) is 35.9 Å². The summed E-state index contributed by atoms with van der Waals surface area (Å²) >= 11 is 3.07. The molecule has 1 aromatic heterocycles. The van der Waals surface area contributed by atoms with Crippen LogP contribution in [0.3, 0.4) is 0 Å². The molecule has 1 amide bonds. The highest BCUT2D eigenvalue weighted by Gasteiger charge is 2.24. The predicted molar refractivity (Wildman–Crippen MR) is 79.8 cm³/mol. The molecular weight excluding hydrogens is 266 g/mol. The number of rotatable bonds is 5. The molecule has 2 rings (SSSR count). The van der Waals surface area contributed by atoms with Gasteiger partial charge in [0.25, 0.3) is 5.91 Å². The summed E-state index contributed by atoms with van der Waals surface area (Å²) in [5, 5.41) is 7.34. The second-order valence-electron chi connectivity index (χ2n) is 4.34. The number of carbonyl (C=O) groups is 1. The first-order chi connectivity index (χ1) is 8.67. The zero-order chi connectivity index (χ0) is 13.1. The van der Waals surface area contributed by atoms with E-state index in [-0.39, 0.29) is 5.91 Å². The molecule has 100 valence electrons. The van der Waals surface area contributed by atoms with Crippen LogP contribution in [0.5, 0.6) is 0 Å². The van der Waals surface area contributed by atoms with Crippen LogP contribution in [-0.4, -0.2) is 24.7 Å². The number of nitrogens with two attached hydrogens (primary N) is 1. The Balaban J connectivity index is 2.22. The quantitative estimate of drug-likeness (QED) is 0.728. The maximum atomic E-state index is 11.9. The highest BCUT2D eigenvalue weighted by atomic mass is 32.2. The summed E-state index contributed by atoms with van der Waals surface area (Å²) in [5.74, 6) is -0.0723. The van der Waals surface area contributed by atoms with Gasteiger partial charge >= 0.3 is 0 Å². The van der Waals surface area contributed by atoms with Gasteiger partial charge in [0.05, 0.1) is 10.6 Å². The highest BCUT2D eigenvalue weighted by molar-refractivity contribution is 7.99. The van der Waals surface area contributed by atoms with Crippen molar-refractivity contribution >= 4 is 39.7 Å². The second kappa shape index (κ2) is 5.84. The molecule has 6 heteroatoms. The molecule has 0 bridgehead atoms. The van der Waals surface area contributed by atoms with Crippen molar-refractivity contribution in [2.75, 3.05) is 23.9 Å². The molecule has 18 heavy (non-hydrogen) atoms. The molecule has 0 unspecified atom stereocenters. The summed E-state index contributed by atoms with van der Waals surface area (Å²) in [6, 6.07) is 0.552. The number of thiophene rings is 1. The van der Waals surface area contributed by atoms with Gasteiger partial charge in [-0.2, -0.15) is 0 Å². The van der Waals surface area contributed by atoms with Crippen LogP contribution >= 0.6 is 23.1 Å². The molecule has 1 aliphatic rings. The van der Waals surface area contributed by atoms with E-state index in [1.165, 1.54) is 30.6 Å². The normalized spacial score (nSPS) is 15.2. The summed E-state index contributed by atoms with van der Waals surface area (Å²) in [4.78, 5) is 13.5. The highest BCUT2D eigenvalue weighted by Crippen LogP contribution is 2.43. The van der Waals surface area contributed by atoms with Crippen molar-refractivity contribution in [3.8, 4) is 0 Å². The number of amides is 1. The van der Waals surface area contributed by atoms with E-state index in [0.717, 1.165) is 9.90 Å². The number of nitrogens with one attached hydrogen (secondary N) is 2. The SMILES string of the molecule is CCNC(=O)c1sc(NC2CCC2)c(SC)c1N. The second-order valence-corrected chi connectivity index (χ2v) is 6.18. The van der Waals surface area contributed by atoms with Crippen molar-refractivity contribution in [1.29, 1.82) is 0 Å². The Bertz CT molecular complexity index is 441. The minimum absolute atomic E-state index is 0.0723. The number of thioether (sulfide) groups is 1. The third-order valence-corrected chi connectivity index (χ3v) is 5.18. The fourth-order valence-corrected chi connectivity index (χ4v) is 3.89. The lowest BCUT2D eigenvalue weighted by atomic mass is 9.93. The lowest BCUT2D eigenvalue weighted by molar-refractivity contribution is 0.0960. The maximum absolute atomic E-state index is 11.9. The first kappa shape index (κ1) is 13.5. The lowest BCUT2D eigenvalue weighted by Gasteiger charge is -2.27. The fourth-order valence-electron chi connectivity index (χ4n) is 1.87. The maximum Gasteiger partial charge on any atom is 0.263 e. The van der Waals surface area contributed by atoms with Gasteiger partial charge in [-0.3, -0.25) is 4.79 Å². The van der Waals surface area contributed by atoms with Crippen molar-refractivity contribution in [3.05, 3.63) is 4.88 Å². The first-order valence-electron chi connectivity index (χ1n) is 6.18. The molecule has 1 aliphatic carbocycles. The van der Waals surface area contributed by atoms with E-state index < -0.39 is 0 Å². The van der Waals surface area contributed by atoms with Gasteiger partial charge in [-0.05, 0) is 32.4 Å². The molecule has 0 spiro atoms. The summed E-state index contributed by atoms with van der Waals surface area (Å²) in [6.45, 7) is 2.53. The van der Waals surface area contributed by atoms with Crippen LogP contribution in [0.2, 0.25) is 0 Å². The Hall–Kier alpha value is -0.880. The molecule has 1 fully saturated rings. The van der Waals surface area contributed by atoms with Crippen molar-refractivity contribution in [1.82, 2.24) is 5.32 Å². The summed E-state index contributed by atoms with van der Waals surface area (Å²) in [7, 11) is 0. The third-order valence-electron chi connectivity index (χ3n) is 3.09. The van der Waals surface area contributed by atoms with E-state index in [4.69, 9.17) is 5.73 Å². The first-order valence-corrected chi connectivity index (χ1v) is 8.22. The minimum Gasteiger partial charge on any atom is -0.396 e. The van der Waals surface area contributed by atoms with Gasteiger partial charge in [-0.15, -0.1) is 23.1 Å². The summed E-state index contributed by atoms with van der Waals surface area (Å²) in [6.07, 6.45) is 5.70. The van der Waals surface area contributed by atoms with Gasteiger partial charge in [-0.25, -0.2) is 0 Å². The zero-order valence-corrected chi connectivity index (χ0v) is 12.3. The zero-order valence-electron chi connectivity index (χ0n) is 10.7. The molecule has 0 aromatic carbocycles. The standard InChI is InChI=1S/C12H19N3OS2/c1-3-14-11(16)9-8(13)10(17-2)12(18-9)15-7-5-4-6-7/h7,15H,3-6,13H2,1-2H3,(H,14,16). The molecule has 0 radical (unpaired) electrons. The predicted octanol–water partition coefficient (Wildman–Crippen LogP) is 2.77. The van der Waals surface area contributed by atoms with Gasteiger partial charge in [-0.1, -0.05) is 0 Å². The largest absolute Gasteiger partial charge is 0.396 e. The molecule has 1 saturated carbocycles. The molecule has 0 atom stereocenters. The Morgan fingerprint density at radius 1 is 1.56 bits per heavy atom. The fraction of sp³-hybridized carbons (Fsp3) is 0.583. The van der Waals surface area contributed by atoms with Crippen molar-refractivity contribution in [3.63, 3.8) is 0 Å². The van der Waals surface area contributed by atoms with Gasteiger partial charge in [0.15, 0.2) is 0 Å². The summed E-state index contributed by atoms with van der Waals surface area (Å²) in [5.41, 5.74) is 6.68. The number of anilines is 2. The topological polar surface area (TPSA) is 67.2 Å². The van der Waals surface area contributed by atoms with E-state index in [2.05, 4.69) is 10.6 Å². The van der Waals surface area contributed by atoms with Crippen LogP contribution in [0.25, 0.3) is 0 Å². The van der Waals surface area contributed by atoms with Gasteiger partial charge in [0, 0.05) is 12.6 Å². The van der Waals surface area contributed by atoms with E-state index >= 15 is 0 Å². The molecule has 0 aliphatic heterocycles.